The van der Waals surface area contributed by atoms with Gasteiger partial charge in [0.15, 0.2) is 0 Å². The summed E-state index contributed by atoms with van der Waals surface area (Å²) in [6, 6.07) is 0. The minimum Gasteiger partial charge on any atom is -0.361 e. The molecule has 0 saturated carbocycles. The summed E-state index contributed by atoms with van der Waals surface area (Å²) >= 11 is 0. The lowest BCUT2D eigenvalue weighted by Gasteiger charge is -2.16. The molecule has 0 N–H and O–H groups in total. The lowest BCUT2D eigenvalue weighted by Crippen LogP contribution is -2.29. The Morgan fingerprint density at radius 2 is 2.18 bits per heavy atom. The Bertz CT molecular complexity index is 913. The molecule has 8 nitrogen and oxygen atoms in total. The van der Waals surface area contributed by atoms with Crippen molar-refractivity contribution in [3.63, 3.8) is 0 Å². The second-order valence-electron chi connectivity index (χ2n) is 7.34. The molecule has 3 aromatic rings. The van der Waals surface area contributed by atoms with Crippen LogP contribution in [0.2, 0.25) is 0 Å². The van der Waals surface area contributed by atoms with Gasteiger partial charge in [-0.25, -0.2) is 4.98 Å². The van der Waals surface area contributed by atoms with E-state index in [1.165, 1.54) is 0 Å². The van der Waals surface area contributed by atoms with E-state index in [0.717, 1.165) is 54.3 Å². The number of rotatable bonds is 6. The molecule has 1 saturated heterocycles. The number of hydrogen-bond acceptors (Lipinski definition) is 6. The first-order valence-electron chi connectivity index (χ1n) is 9.58. The molecule has 4 rings (SSSR count). The SMILES string of the molecule is Cc1noc(C)c1-c1cnc(C[C@H]2CCN(C(=O)CCn3ccnc3)C2)cn1. The molecule has 0 unspecified atom stereocenters. The minimum atomic E-state index is 0.205. The van der Waals surface area contributed by atoms with Crippen LogP contribution in [0.3, 0.4) is 0 Å². The quantitative estimate of drug-likeness (QED) is 0.652. The van der Waals surface area contributed by atoms with Crippen molar-refractivity contribution >= 4 is 5.91 Å². The monoisotopic (exact) mass is 380 g/mol. The highest BCUT2D eigenvalue weighted by Crippen LogP contribution is 2.25. The van der Waals surface area contributed by atoms with Gasteiger partial charge in [0.05, 0.1) is 35.2 Å². The van der Waals surface area contributed by atoms with Gasteiger partial charge in [0.2, 0.25) is 5.91 Å². The molecule has 1 aliphatic heterocycles. The zero-order chi connectivity index (χ0) is 19.5. The molecular formula is C20H24N6O2. The van der Waals surface area contributed by atoms with Gasteiger partial charge in [0.25, 0.3) is 0 Å². The van der Waals surface area contributed by atoms with Gasteiger partial charge in [-0.1, -0.05) is 5.16 Å². The van der Waals surface area contributed by atoms with E-state index in [4.69, 9.17) is 4.52 Å². The molecule has 0 aliphatic carbocycles. The van der Waals surface area contributed by atoms with Crippen molar-refractivity contribution in [3.8, 4) is 11.3 Å². The van der Waals surface area contributed by atoms with Crippen molar-refractivity contribution < 1.29 is 9.32 Å². The van der Waals surface area contributed by atoms with E-state index in [9.17, 15) is 4.79 Å². The predicted molar refractivity (Wildman–Crippen MR) is 102 cm³/mol. The number of carbonyl (C=O) groups is 1. The summed E-state index contributed by atoms with van der Waals surface area (Å²) in [6.45, 7) is 6.06. The van der Waals surface area contributed by atoms with E-state index >= 15 is 0 Å². The van der Waals surface area contributed by atoms with Crippen LogP contribution in [0.4, 0.5) is 0 Å². The predicted octanol–water partition coefficient (Wildman–Crippen LogP) is 2.43. The smallest absolute Gasteiger partial charge is 0.224 e. The average Bonchev–Trinajstić information content (AvgIpc) is 3.43. The summed E-state index contributed by atoms with van der Waals surface area (Å²) in [5.74, 6) is 1.38. The van der Waals surface area contributed by atoms with Crippen LogP contribution in [-0.4, -0.2) is 48.6 Å². The fourth-order valence-corrected chi connectivity index (χ4v) is 3.76. The summed E-state index contributed by atoms with van der Waals surface area (Å²) in [6.07, 6.45) is 11.3. The number of aromatic nitrogens is 5. The van der Waals surface area contributed by atoms with Gasteiger partial charge in [-0.15, -0.1) is 0 Å². The van der Waals surface area contributed by atoms with Gasteiger partial charge < -0.3 is 14.0 Å². The molecule has 8 heteroatoms. The number of imidazole rings is 1. The standard InChI is InChI=1S/C20H24N6O2/c1-14-20(15(2)28-24-14)18-11-22-17(10-23-18)9-16-3-7-26(12-16)19(27)4-6-25-8-5-21-13-25/h5,8,10-11,13,16H,3-4,6-7,9,12H2,1-2H3/t16-/m1/s1. The van der Waals surface area contributed by atoms with E-state index in [0.29, 0.717) is 18.9 Å². The van der Waals surface area contributed by atoms with E-state index in [1.54, 1.807) is 18.7 Å². The van der Waals surface area contributed by atoms with E-state index in [-0.39, 0.29) is 5.91 Å². The fraction of sp³-hybridized carbons (Fsp3) is 0.450. The van der Waals surface area contributed by atoms with Crippen LogP contribution in [0.1, 0.15) is 30.0 Å². The average molecular weight is 380 g/mol. The van der Waals surface area contributed by atoms with E-state index in [2.05, 4.69) is 20.1 Å². The molecule has 0 aromatic carbocycles. The maximum Gasteiger partial charge on any atom is 0.224 e. The zero-order valence-corrected chi connectivity index (χ0v) is 16.2. The van der Waals surface area contributed by atoms with Crippen LogP contribution in [0.25, 0.3) is 11.3 Å². The first-order chi connectivity index (χ1) is 13.6. The summed E-state index contributed by atoms with van der Waals surface area (Å²) in [4.78, 5) is 27.5. The van der Waals surface area contributed by atoms with Crippen LogP contribution in [0.5, 0.6) is 0 Å². The lowest BCUT2D eigenvalue weighted by molar-refractivity contribution is -0.130. The van der Waals surface area contributed by atoms with Gasteiger partial charge in [0.1, 0.15) is 5.76 Å². The van der Waals surface area contributed by atoms with Crippen molar-refractivity contribution in [1.29, 1.82) is 0 Å². The number of carbonyl (C=O) groups excluding carboxylic acids is 1. The zero-order valence-electron chi connectivity index (χ0n) is 16.2. The molecule has 1 atom stereocenters. The molecule has 1 amide bonds. The highest BCUT2D eigenvalue weighted by atomic mass is 16.5. The Labute approximate surface area is 163 Å². The molecule has 4 heterocycles. The van der Waals surface area contributed by atoms with Crippen molar-refractivity contribution in [1.82, 2.24) is 29.6 Å². The summed E-state index contributed by atoms with van der Waals surface area (Å²) in [5, 5.41) is 3.97. The van der Waals surface area contributed by atoms with Crippen LogP contribution < -0.4 is 0 Å². The van der Waals surface area contributed by atoms with Gasteiger partial charge in [-0.2, -0.15) is 0 Å². The van der Waals surface area contributed by atoms with Crippen molar-refractivity contribution in [2.75, 3.05) is 13.1 Å². The van der Waals surface area contributed by atoms with Gasteiger partial charge in [0, 0.05) is 44.6 Å². The number of aryl methyl sites for hydroxylation is 3. The number of amides is 1. The second-order valence-corrected chi connectivity index (χ2v) is 7.34. The third-order valence-electron chi connectivity index (χ3n) is 5.27. The Kier molecular flexibility index (Phi) is 5.18. The first kappa shape index (κ1) is 18.3. The van der Waals surface area contributed by atoms with Gasteiger partial charge in [-0.05, 0) is 32.6 Å². The third kappa shape index (κ3) is 3.95. The minimum absolute atomic E-state index is 0.205. The van der Waals surface area contributed by atoms with Gasteiger partial charge >= 0.3 is 0 Å². The first-order valence-corrected chi connectivity index (χ1v) is 9.58. The van der Waals surface area contributed by atoms with E-state index < -0.39 is 0 Å². The molecule has 0 spiro atoms. The van der Waals surface area contributed by atoms with Crippen LogP contribution in [0.15, 0.2) is 35.6 Å². The molecule has 28 heavy (non-hydrogen) atoms. The van der Waals surface area contributed by atoms with Crippen molar-refractivity contribution in [2.45, 2.75) is 39.7 Å². The van der Waals surface area contributed by atoms with Crippen LogP contribution in [0, 0.1) is 19.8 Å². The molecule has 0 radical (unpaired) electrons. The molecule has 1 aliphatic rings. The normalized spacial score (nSPS) is 16.6. The lowest BCUT2D eigenvalue weighted by atomic mass is 10.0. The van der Waals surface area contributed by atoms with Crippen LogP contribution in [-0.2, 0) is 17.8 Å². The Balaban J connectivity index is 1.31. The summed E-state index contributed by atoms with van der Waals surface area (Å²) in [7, 11) is 0. The number of nitrogens with zero attached hydrogens (tertiary/aromatic N) is 6. The largest absolute Gasteiger partial charge is 0.361 e. The number of likely N-dealkylation sites (tertiary alicyclic amines) is 1. The van der Waals surface area contributed by atoms with Crippen LogP contribution >= 0.6 is 0 Å². The maximum absolute atomic E-state index is 12.4. The topological polar surface area (TPSA) is 89.9 Å². The van der Waals surface area contributed by atoms with Crippen molar-refractivity contribution in [3.05, 3.63) is 48.3 Å². The highest BCUT2D eigenvalue weighted by molar-refractivity contribution is 5.76. The molecule has 146 valence electrons. The van der Waals surface area contributed by atoms with Gasteiger partial charge in [-0.3, -0.25) is 14.8 Å². The fourth-order valence-electron chi connectivity index (χ4n) is 3.76. The maximum atomic E-state index is 12.4. The number of hydrogen-bond donors (Lipinski definition) is 0. The Morgan fingerprint density at radius 3 is 2.86 bits per heavy atom. The molecular weight excluding hydrogens is 356 g/mol. The molecule has 0 bridgehead atoms. The molecule has 3 aromatic heterocycles. The highest BCUT2D eigenvalue weighted by Gasteiger charge is 2.26. The molecule has 1 fully saturated rings. The summed E-state index contributed by atoms with van der Waals surface area (Å²) < 4.78 is 7.14. The Morgan fingerprint density at radius 1 is 1.29 bits per heavy atom. The van der Waals surface area contributed by atoms with Crippen molar-refractivity contribution in [2.24, 2.45) is 5.92 Å². The third-order valence-corrected chi connectivity index (χ3v) is 5.27. The Hall–Kier alpha value is -3.03. The van der Waals surface area contributed by atoms with E-state index in [1.807, 2.05) is 35.7 Å². The second kappa shape index (κ2) is 7.92. The summed E-state index contributed by atoms with van der Waals surface area (Å²) in [5.41, 5.74) is 3.46.